The number of guanidine groups is 1. The molecule has 0 aliphatic carbocycles. The van der Waals surface area contributed by atoms with Gasteiger partial charge < -0.3 is 25.7 Å². The van der Waals surface area contributed by atoms with Crippen molar-refractivity contribution in [3.05, 3.63) is 54.4 Å². The molecular formula is C18H26IN5O2. The van der Waals surface area contributed by atoms with Crippen LogP contribution in [-0.4, -0.2) is 43.2 Å². The van der Waals surface area contributed by atoms with Gasteiger partial charge in [-0.15, -0.1) is 24.0 Å². The molecule has 2 rings (SSSR count). The molecule has 8 heteroatoms. The highest BCUT2D eigenvalue weighted by Gasteiger charge is 2.00. The third-order valence-electron chi connectivity index (χ3n) is 3.56. The molecule has 2 aromatic rings. The van der Waals surface area contributed by atoms with Gasteiger partial charge in [0.05, 0.1) is 0 Å². The summed E-state index contributed by atoms with van der Waals surface area (Å²) < 4.78 is 7.35. The Balaban J connectivity index is 0.00000338. The molecule has 0 atom stereocenters. The first-order valence-corrected chi connectivity index (χ1v) is 8.22. The molecule has 0 unspecified atom stereocenters. The van der Waals surface area contributed by atoms with Crippen molar-refractivity contribution >= 4 is 35.8 Å². The highest BCUT2D eigenvalue weighted by Crippen LogP contribution is 2.12. The van der Waals surface area contributed by atoms with E-state index in [4.69, 9.17) is 10.5 Å². The number of carbonyl (C=O) groups is 1. The predicted molar refractivity (Wildman–Crippen MR) is 114 cm³/mol. The minimum Gasteiger partial charge on any atom is -0.484 e. The SMILES string of the molecule is CN=C(NCCc1ccc(OCC(N)=O)cc1)NCCn1cccc1.I. The van der Waals surface area contributed by atoms with Crippen molar-refractivity contribution in [3.8, 4) is 5.75 Å². The standard InChI is InChI=1S/C18H25N5O2.HI/c1-20-18(22-10-13-23-11-2-3-12-23)21-9-8-15-4-6-16(7-5-15)25-14-17(19)24;/h2-7,11-12H,8-10,13-14H2,1H3,(H2,19,24)(H2,20,21,22);1H. The highest BCUT2D eigenvalue weighted by atomic mass is 127. The number of amides is 1. The number of nitrogens with two attached hydrogens (primary N) is 1. The fraction of sp³-hybridized carbons (Fsp3) is 0.333. The van der Waals surface area contributed by atoms with Crippen molar-refractivity contribution in [2.75, 3.05) is 26.7 Å². The van der Waals surface area contributed by atoms with E-state index in [2.05, 4.69) is 20.2 Å². The summed E-state index contributed by atoms with van der Waals surface area (Å²) in [5.41, 5.74) is 6.22. The molecule has 0 radical (unpaired) electrons. The summed E-state index contributed by atoms with van der Waals surface area (Å²) in [6.07, 6.45) is 4.93. The number of rotatable bonds is 9. The van der Waals surface area contributed by atoms with Gasteiger partial charge in [-0.1, -0.05) is 12.1 Å². The normalized spacial score (nSPS) is 10.7. The van der Waals surface area contributed by atoms with Crippen LogP contribution >= 0.6 is 24.0 Å². The van der Waals surface area contributed by atoms with E-state index in [0.29, 0.717) is 5.75 Å². The summed E-state index contributed by atoms with van der Waals surface area (Å²) in [7, 11) is 1.76. The fourth-order valence-corrected chi connectivity index (χ4v) is 2.28. The molecule has 142 valence electrons. The quantitative estimate of drug-likeness (QED) is 0.293. The number of nitrogens with zero attached hydrogens (tertiary/aromatic N) is 2. The van der Waals surface area contributed by atoms with E-state index in [9.17, 15) is 4.79 Å². The van der Waals surface area contributed by atoms with Gasteiger partial charge in [0, 0.05) is 39.1 Å². The van der Waals surface area contributed by atoms with Gasteiger partial charge in [0.2, 0.25) is 0 Å². The lowest BCUT2D eigenvalue weighted by molar-refractivity contribution is -0.119. The third kappa shape index (κ3) is 8.24. The minimum atomic E-state index is -0.482. The van der Waals surface area contributed by atoms with Gasteiger partial charge in [-0.25, -0.2) is 0 Å². The Bertz CT molecular complexity index is 671. The molecular weight excluding hydrogens is 445 g/mol. The average Bonchev–Trinajstić information content (AvgIpc) is 3.13. The maximum absolute atomic E-state index is 10.7. The Morgan fingerprint density at radius 2 is 1.81 bits per heavy atom. The lowest BCUT2D eigenvalue weighted by Gasteiger charge is -2.12. The number of aromatic nitrogens is 1. The number of carbonyl (C=O) groups excluding carboxylic acids is 1. The zero-order valence-electron chi connectivity index (χ0n) is 14.9. The van der Waals surface area contributed by atoms with Crippen LogP contribution in [0.2, 0.25) is 0 Å². The van der Waals surface area contributed by atoms with Crippen molar-refractivity contribution in [1.29, 1.82) is 0 Å². The lowest BCUT2D eigenvalue weighted by atomic mass is 10.1. The third-order valence-corrected chi connectivity index (χ3v) is 3.56. The Morgan fingerprint density at radius 1 is 1.15 bits per heavy atom. The molecule has 1 aromatic carbocycles. The first-order chi connectivity index (χ1) is 12.2. The summed E-state index contributed by atoms with van der Waals surface area (Å²) in [6, 6.07) is 11.6. The van der Waals surface area contributed by atoms with Crippen LogP contribution in [-0.2, 0) is 17.8 Å². The van der Waals surface area contributed by atoms with E-state index in [1.54, 1.807) is 7.05 Å². The zero-order chi connectivity index (χ0) is 17.9. The minimum absolute atomic E-state index is 0. The summed E-state index contributed by atoms with van der Waals surface area (Å²) in [6.45, 7) is 2.36. The molecule has 26 heavy (non-hydrogen) atoms. The number of hydrogen-bond acceptors (Lipinski definition) is 3. The number of nitrogens with one attached hydrogen (secondary N) is 2. The average molecular weight is 471 g/mol. The van der Waals surface area contributed by atoms with Crippen LogP contribution < -0.4 is 21.1 Å². The fourth-order valence-electron chi connectivity index (χ4n) is 2.28. The molecule has 7 nitrogen and oxygen atoms in total. The van der Waals surface area contributed by atoms with Gasteiger partial charge in [0.25, 0.3) is 5.91 Å². The first-order valence-electron chi connectivity index (χ1n) is 8.22. The Morgan fingerprint density at radius 3 is 2.42 bits per heavy atom. The number of halogens is 1. The van der Waals surface area contributed by atoms with E-state index in [1.807, 2.05) is 48.8 Å². The van der Waals surface area contributed by atoms with E-state index in [1.165, 1.54) is 5.56 Å². The van der Waals surface area contributed by atoms with E-state index in [0.717, 1.165) is 32.0 Å². The molecule has 0 saturated carbocycles. The lowest BCUT2D eigenvalue weighted by Crippen LogP contribution is -2.39. The Kier molecular flexibility index (Phi) is 10.2. The van der Waals surface area contributed by atoms with Crippen LogP contribution in [0, 0.1) is 0 Å². The van der Waals surface area contributed by atoms with Gasteiger partial charge in [0.15, 0.2) is 12.6 Å². The summed E-state index contributed by atoms with van der Waals surface area (Å²) in [4.78, 5) is 14.9. The molecule has 0 fully saturated rings. The number of aliphatic imine (C=N–C) groups is 1. The first kappa shape index (κ1) is 21.8. The topological polar surface area (TPSA) is 93.7 Å². The van der Waals surface area contributed by atoms with Crippen molar-refractivity contribution < 1.29 is 9.53 Å². The molecule has 0 saturated heterocycles. The second kappa shape index (κ2) is 12.2. The molecule has 1 heterocycles. The van der Waals surface area contributed by atoms with Gasteiger partial charge in [-0.05, 0) is 36.2 Å². The Hall–Kier alpha value is -2.23. The maximum Gasteiger partial charge on any atom is 0.255 e. The van der Waals surface area contributed by atoms with Gasteiger partial charge >= 0.3 is 0 Å². The smallest absolute Gasteiger partial charge is 0.255 e. The van der Waals surface area contributed by atoms with E-state index < -0.39 is 5.91 Å². The van der Waals surface area contributed by atoms with Crippen LogP contribution in [0.15, 0.2) is 53.8 Å². The van der Waals surface area contributed by atoms with Crippen LogP contribution in [0.1, 0.15) is 5.56 Å². The van der Waals surface area contributed by atoms with Crippen molar-refractivity contribution in [2.45, 2.75) is 13.0 Å². The van der Waals surface area contributed by atoms with Crippen molar-refractivity contribution in [2.24, 2.45) is 10.7 Å². The van der Waals surface area contributed by atoms with Gasteiger partial charge in [-0.2, -0.15) is 0 Å². The molecule has 0 aliphatic rings. The van der Waals surface area contributed by atoms with Crippen LogP contribution in [0.25, 0.3) is 0 Å². The summed E-state index contributed by atoms with van der Waals surface area (Å²) >= 11 is 0. The predicted octanol–water partition coefficient (Wildman–Crippen LogP) is 1.38. The van der Waals surface area contributed by atoms with Crippen molar-refractivity contribution in [1.82, 2.24) is 15.2 Å². The van der Waals surface area contributed by atoms with Gasteiger partial charge in [0.1, 0.15) is 5.75 Å². The zero-order valence-corrected chi connectivity index (χ0v) is 17.2. The number of ether oxygens (including phenoxy) is 1. The second-order valence-corrected chi connectivity index (χ2v) is 5.50. The monoisotopic (exact) mass is 471 g/mol. The van der Waals surface area contributed by atoms with Gasteiger partial charge in [-0.3, -0.25) is 9.79 Å². The Labute approximate surface area is 171 Å². The number of benzene rings is 1. The molecule has 0 aliphatic heterocycles. The van der Waals surface area contributed by atoms with Crippen molar-refractivity contribution in [3.63, 3.8) is 0 Å². The largest absolute Gasteiger partial charge is 0.484 e. The molecule has 1 aromatic heterocycles. The van der Waals surface area contributed by atoms with E-state index in [-0.39, 0.29) is 30.6 Å². The maximum atomic E-state index is 10.7. The highest BCUT2D eigenvalue weighted by molar-refractivity contribution is 14.0. The summed E-state index contributed by atoms with van der Waals surface area (Å²) in [5.74, 6) is 0.940. The summed E-state index contributed by atoms with van der Waals surface area (Å²) in [5, 5.41) is 6.57. The number of primary amides is 1. The van der Waals surface area contributed by atoms with Crippen LogP contribution in [0.5, 0.6) is 5.75 Å². The molecule has 4 N–H and O–H groups in total. The van der Waals surface area contributed by atoms with Crippen LogP contribution in [0.4, 0.5) is 0 Å². The molecule has 0 spiro atoms. The molecule has 1 amide bonds. The van der Waals surface area contributed by atoms with E-state index >= 15 is 0 Å². The molecule has 0 bridgehead atoms. The second-order valence-electron chi connectivity index (χ2n) is 5.50. The number of hydrogen-bond donors (Lipinski definition) is 3. The van der Waals surface area contributed by atoms with Crippen LogP contribution in [0.3, 0.4) is 0 Å².